The highest BCUT2D eigenvalue weighted by Crippen LogP contribution is 2.31. The van der Waals surface area contributed by atoms with Crippen LogP contribution < -0.4 is 10.6 Å². The summed E-state index contributed by atoms with van der Waals surface area (Å²) in [5.41, 5.74) is 11.0. The topological polar surface area (TPSA) is 29.3 Å². The van der Waals surface area contributed by atoms with Crippen LogP contribution in [0, 0.1) is 0 Å². The highest BCUT2D eigenvalue weighted by molar-refractivity contribution is 6.31. The highest BCUT2D eigenvalue weighted by Gasteiger charge is 2.19. The van der Waals surface area contributed by atoms with Crippen molar-refractivity contribution in [3.8, 4) is 0 Å². The van der Waals surface area contributed by atoms with E-state index in [9.17, 15) is 0 Å². The Labute approximate surface area is 125 Å². The standard InChI is InChI=1S/C17H19ClN2/c18-16-6-3-7-17(15(16)8-10-19)20-11-9-13-4-1-2-5-14(13)12-20/h1-7H,8-12,19H2. The van der Waals surface area contributed by atoms with Crippen molar-refractivity contribution in [3.05, 3.63) is 64.2 Å². The van der Waals surface area contributed by atoms with Gasteiger partial charge >= 0.3 is 0 Å². The number of benzene rings is 2. The number of hydrogen-bond acceptors (Lipinski definition) is 2. The van der Waals surface area contributed by atoms with Gasteiger partial charge in [-0.05, 0) is 48.2 Å². The van der Waals surface area contributed by atoms with Gasteiger partial charge in [-0.2, -0.15) is 0 Å². The van der Waals surface area contributed by atoms with Crippen LogP contribution >= 0.6 is 11.6 Å². The lowest BCUT2D eigenvalue weighted by atomic mass is 9.98. The summed E-state index contributed by atoms with van der Waals surface area (Å²) in [6, 6.07) is 14.8. The van der Waals surface area contributed by atoms with E-state index in [1.807, 2.05) is 12.1 Å². The predicted molar refractivity (Wildman–Crippen MR) is 85.4 cm³/mol. The molecule has 2 aromatic rings. The first-order valence-electron chi connectivity index (χ1n) is 7.09. The second-order valence-corrected chi connectivity index (χ2v) is 5.62. The minimum Gasteiger partial charge on any atom is -0.367 e. The summed E-state index contributed by atoms with van der Waals surface area (Å²) in [5, 5.41) is 0.826. The Morgan fingerprint density at radius 3 is 2.65 bits per heavy atom. The summed E-state index contributed by atoms with van der Waals surface area (Å²) in [6.45, 7) is 2.62. The van der Waals surface area contributed by atoms with E-state index >= 15 is 0 Å². The fourth-order valence-corrected chi connectivity index (χ4v) is 3.20. The molecular formula is C17H19ClN2. The third kappa shape index (κ3) is 2.54. The van der Waals surface area contributed by atoms with Crippen LogP contribution in [0.25, 0.3) is 0 Å². The lowest BCUT2D eigenvalue weighted by Gasteiger charge is -2.32. The van der Waals surface area contributed by atoms with E-state index in [0.29, 0.717) is 6.54 Å². The third-order valence-corrected chi connectivity index (χ3v) is 4.31. The van der Waals surface area contributed by atoms with E-state index in [4.69, 9.17) is 17.3 Å². The van der Waals surface area contributed by atoms with E-state index in [-0.39, 0.29) is 0 Å². The molecule has 0 bridgehead atoms. The van der Waals surface area contributed by atoms with E-state index in [2.05, 4.69) is 35.2 Å². The van der Waals surface area contributed by atoms with E-state index < -0.39 is 0 Å². The molecule has 0 unspecified atom stereocenters. The van der Waals surface area contributed by atoms with Gasteiger partial charge < -0.3 is 10.6 Å². The van der Waals surface area contributed by atoms with Crippen molar-refractivity contribution in [2.45, 2.75) is 19.4 Å². The second kappa shape index (κ2) is 5.86. The first kappa shape index (κ1) is 13.5. The summed E-state index contributed by atoms with van der Waals surface area (Å²) < 4.78 is 0. The monoisotopic (exact) mass is 286 g/mol. The Kier molecular flexibility index (Phi) is 3.95. The van der Waals surface area contributed by atoms with Gasteiger partial charge in [-0.3, -0.25) is 0 Å². The lowest BCUT2D eigenvalue weighted by Crippen LogP contribution is -2.31. The molecule has 0 aliphatic carbocycles. The Bertz CT molecular complexity index is 610. The molecule has 0 amide bonds. The summed E-state index contributed by atoms with van der Waals surface area (Å²) in [7, 11) is 0. The van der Waals surface area contributed by atoms with Gasteiger partial charge in [0.25, 0.3) is 0 Å². The van der Waals surface area contributed by atoms with Gasteiger partial charge in [-0.1, -0.05) is 41.9 Å². The maximum atomic E-state index is 6.35. The van der Waals surface area contributed by atoms with Crippen molar-refractivity contribution in [1.82, 2.24) is 0 Å². The predicted octanol–water partition coefficient (Wildman–Crippen LogP) is 3.40. The number of fused-ring (bicyclic) bond motifs is 1. The molecule has 1 aliphatic heterocycles. The summed E-state index contributed by atoms with van der Waals surface area (Å²) in [6.07, 6.45) is 1.91. The van der Waals surface area contributed by atoms with E-state index in [1.165, 1.54) is 22.4 Å². The van der Waals surface area contributed by atoms with Crippen LogP contribution in [0.15, 0.2) is 42.5 Å². The van der Waals surface area contributed by atoms with E-state index in [0.717, 1.165) is 31.0 Å². The van der Waals surface area contributed by atoms with Crippen molar-refractivity contribution in [1.29, 1.82) is 0 Å². The largest absolute Gasteiger partial charge is 0.367 e. The van der Waals surface area contributed by atoms with Crippen LogP contribution in [0.4, 0.5) is 5.69 Å². The fourth-order valence-electron chi connectivity index (χ4n) is 2.94. The van der Waals surface area contributed by atoms with Crippen LogP contribution in [0.2, 0.25) is 5.02 Å². The molecule has 0 atom stereocenters. The van der Waals surface area contributed by atoms with Crippen molar-refractivity contribution in [2.75, 3.05) is 18.0 Å². The number of nitrogens with zero attached hydrogens (tertiary/aromatic N) is 1. The zero-order chi connectivity index (χ0) is 13.9. The molecule has 0 aromatic heterocycles. The van der Waals surface area contributed by atoms with Gasteiger partial charge in [0.15, 0.2) is 0 Å². The number of nitrogens with two attached hydrogens (primary N) is 1. The normalized spacial score (nSPS) is 14.2. The van der Waals surface area contributed by atoms with Crippen molar-refractivity contribution in [2.24, 2.45) is 5.73 Å². The zero-order valence-corrected chi connectivity index (χ0v) is 12.2. The summed E-state index contributed by atoms with van der Waals surface area (Å²) >= 11 is 6.35. The van der Waals surface area contributed by atoms with Crippen LogP contribution in [-0.4, -0.2) is 13.1 Å². The second-order valence-electron chi connectivity index (χ2n) is 5.22. The molecule has 3 rings (SSSR count). The SMILES string of the molecule is NCCc1c(Cl)cccc1N1CCc2ccccc2C1. The van der Waals surface area contributed by atoms with Crippen LogP contribution in [-0.2, 0) is 19.4 Å². The molecule has 2 aromatic carbocycles. The average molecular weight is 287 g/mol. The quantitative estimate of drug-likeness (QED) is 0.937. The molecule has 1 aliphatic rings. The Balaban J connectivity index is 1.93. The van der Waals surface area contributed by atoms with Crippen molar-refractivity contribution < 1.29 is 0 Å². The van der Waals surface area contributed by atoms with Crippen LogP contribution in [0.5, 0.6) is 0 Å². The van der Waals surface area contributed by atoms with Crippen molar-refractivity contribution >= 4 is 17.3 Å². The van der Waals surface area contributed by atoms with Crippen molar-refractivity contribution in [3.63, 3.8) is 0 Å². The molecule has 0 fully saturated rings. The van der Waals surface area contributed by atoms with Crippen LogP contribution in [0.3, 0.4) is 0 Å². The van der Waals surface area contributed by atoms with Gasteiger partial charge in [-0.25, -0.2) is 0 Å². The molecule has 2 N–H and O–H groups in total. The Morgan fingerprint density at radius 1 is 1.05 bits per heavy atom. The van der Waals surface area contributed by atoms with Gasteiger partial charge in [0.2, 0.25) is 0 Å². The molecule has 0 radical (unpaired) electrons. The smallest absolute Gasteiger partial charge is 0.0459 e. The molecular weight excluding hydrogens is 268 g/mol. The maximum Gasteiger partial charge on any atom is 0.0459 e. The minimum atomic E-state index is 0.626. The molecule has 0 saturated carbocycles. The fraction of sp³-hybridized carbons (Fsp3) is 0.294. The number of hydrogen-bond donors (Lipinski definition) is 1. The minimum absolute atomic E-state index is 0.626. The van der Waals surface area contributed by atoms with Gasteiger partial charge in [0.1, 0.15) is 0 Å². The molecule has 1 heterocycles. The molecule has 3 heteroatoms. The number of rotatable bonds is 3. The van der Waals surface area contributed by atoms with Gasteiger partial charge in [-0.15, -0.1) is 0 Å². The Morgan fingerprint density at radius 2 is 1.85 bits per heavy atom. The molecule has 0 saturated heterocycles. The van der Waals surface area contributed by atoms with Gasteiger partial charge in [0.05, 0.1) is 0 Å². The average Bonchev–Trinajstić information content (AvgIpc) is 2.49. The zero-order valence-electron chi connectivity index (χ0n) is 11.5. The third-order valence-electron chi connectivity index (χ3n) is 3.96. The van der Waals surface area contributed by atoms with Crippen LogP contribution in [0.1, 0.15) is 16.7 Å². The molecule has 0 spiro atoms. The van der Waals surface area contributed by atoms with Gasteiger partial charge in [0, 0.05) is 23.8 Å². The van der Waals surface area contributed by atoms with E-state index in [1.54, 1.807) is 0 Å². The maximum absolute atomic E-state index is 6.35. The molecule has 104 valence electrons. The highest BCUT2D eigenvalue weighted by atomic mass is 35.5. The Hall–Kier alpha value is -1.51. The number of halogens is 1. The first-order valence-corrected chi connectivity index (χ1v) is 7.46. The number of anilines is 1. The molecule has 20 heavy (non-hydrogen) atoms. The molecule has 2 nitrogen and oxygen atoms in total. The summed E-state index contributed by atoms with van der Waals surface area (Å²) in [5.74, 6) is 0. The first-order chi connectivity index (χ1) is 9.79. The summed E-state index contributed by atoms with van der Waals surface area (Å²) in [4.78, 5) is 2.42. The lowest BCUT2D eigenvalue weighted by molar-refractivity contribution is 0.726.